The monoisotopic (exact) mass is 467 g/mol. The quantitative estimate of drug-likeness (QED) is 0.689. The van der Waals surface area contributed by atoms with Crippen molar-refractivity contribution in [3.05, 3.63) is 35.4 Å². The third-order valence-corrected chi connectivity index (χ3v) is 5.06. The molecule has 0 spiro atoms. The van der Waals surface area contributed by atoms with Crippen molar-refractivity contribution in [2.75, 3.05) is 31.1 Å². The van der Waals surface area contributed by atoms with Gasteiger partial charge in [0.1, 0.15) is 23.3 Å². The Morgan fingerprint density at radius 2 is 1.91 bits per heavy atom. The Bertz CT molecular complexity index is 968. The molecule has 0 saturated carbocycles. The maximum atomic E-state index is 15.0. The zero-order valence-electron chi connectivity index (χ0n) is 18.9. The highest BCUT2D eigenvalue weighted by Crippen LogP contribution is 2.33. The molecule has 180 valence electrons. The SMILES string of the molecule is CC(=O)NC[C@H]1CN(c2cc(F)c(C3=C[C@@H](CO)N(C(=O)OC(C)(C)C)C3)c(F)c2)C(=O)O1. The van der Waals surface area contributed by atoms with Crippen LogP contribution in [-0.2, 0) is 14.3 Å². The van der Waals surface area contributed by atoms with Crippen LogP contribution in [0.5, 0.6) is 0 Å². The Labute approximate surface area is 189 Å². The van der Waals surface area contributed by atoms with Gasteiger partial charge in [0.15, 0.2) is 0 Å². The number of carbonyl (C=O) groups is 3. The maximum Gasteiger partial charge on any atom is 0.414 e. The van der Waals surface area contributed by atoms with Crippen LogP contribution < -0.4 is 10.2 Å². The highest BCUT2D eigenvalue weighted by Gasteiger charge is 2.36. The van der Waals surface area contributed by atoms with Crippen molar-refractivity contribution in [1.29, 1.82) is 0 Å². The van der Waals surface area contributed by atoms with Gasteiger partial charge in [0.25, 0.3) is 0 Å². The van der Waals surface area contributed by atoms with Crippen LogP contribution in [0.1, 0.15) is 33.3 Å². The van der Waals surface area contributed by atoms with Crippen molar-refractivity contribution >= 4 is 29.4 Å². The van der Waals surface area contributed by atoms with Crippen molar-refractivity contribution in [1.82, 2.24) is 10.2 Å². The summed E-state index contributed by atoms with van der Waals surface area (Å²) in [5, 5.41) is 12.2. The number of aliphatic hydroxyl groups is 1. The zero-order valence-corrected chi connectivity index (χ0v) is 18.9. The van der Waals surface area contributed by atoms with Crippen LogP contribution in [0, 0.1) is 11.6 Å². The maximum absolute atomic E-state index is 15.0. The molecule has 0 aliphatic carbocycles. The molecule has 33 heavy (non-hydrogen) atoms. The lowest BCUT2D eigenvalue weighted by Crippen LogP contribution is -2.41. The summed E-state index contributed by atoms with van der Waals surface area (Å²) in [4.78, 5) is 37.9. The fourth-order valence-corrected chi connectivity index (χ4v) is 3.63. The van der Waals surface area contributed by atoms with Gasteiger partial charge in [-0.25, -0.2) is 18.4 Å². The second-order valence-corrected chi connectivity index (χ2v) is 8.89. The fraction of sp³-hybridized carbons (Fsp3) is 0.500. The first-order chi connectivity index (χ1) is 15.4. The minimum atomic E-state index is -0.933. The zero-order chi connectivity index (χ0) is 24.5. The molecule has 1 fully saturated rings. The van der Waals surface area contributed by atoms with Crippen molar-refractivity contribution < 1.29 is 37.7 Å². The van der Waals surface area contributed by atoms with Gasteiger partial charge in [0.05, 0.1) is 43.5 Å². The topological polar surface area (TPSA) is 108 Å². The second kappa shape index (κ2) is 9.34. The number of cyclic esters (lactones) is 1. The van der Waals surface area contributed by atoms with Crippen LogP contribution in [0.2, 0.25) is 0 Å². The molecule has 1 aromatic rings. The van der Waals surface area contributed by atoms with Gasteiger partial charge < -0.3 is 19.9 Å². The van der Waals surface area contributed by atoms with Crippen molar-refractivity contribution in [3.8, 4) is 0 Å². The fourth-order valence-electron chi connectivity index (χ4n) is 3.63. The lowest BCUT2D eigenvalue weighted by Gasteiger charge is -2.28. The van der Waals surface area contributed by atoms with Crippen LogP contribution in [0.3, 0.4) is 0 Å². The summed E-state index contributed by atoms with van der Waals surface area (Å²) < 4.78 is 40.5. The standard InChI is InChI=1S/C22H27F2N3O6/c1-12(29)25-8-16-10-27(20(30)32-16)14-6-17(23)19(18(24)7-14)13-5-15(11-28)26(9-13)21(31)33-22(2,3)4/h5-7,15-16,28H,8-11H2,1-4H3,(H,25,29)/t15-,16-/m0/s1. The number of benzene rings is 1. The lowest BCUT2D eigenvalue weighted by molar-refractivity contribution is -0.119. The molecular weight excluding hydrogens is 440 g/mol. The second-order valence-electron chi connectivity index (χ2n) is 8.89. The first-order valence-corrected chi connectivity index (χ1v) is 10.4. The lowest BCUT2D eigenvalue weighted by atomic mass is 10.0. The average molecular weight is 467 g/mol. The molecule has 11 heteroatoms. The molecule has 2 aliphatic heterocycles. The van der Waals surface area contributed by atoms with E-state index in [0.29, 0.717) is 0 Å². The van der Waals surface area contributed by atoms with Gasteiger partial charge in [-0.2, -0.15) is 0 Å². The van der Waals surface area contributed by atoms with Gasteiger partial charge in [0.2, 0.25) is 5.91 Å². The van der Waals surface area contributed by atoms with E-state index in [1.165, 1.54) is 17.9 Å². The number of hydrogen-bond acceptors (Lipinski definition) is 6. The van der Waals surface area contributed by atoms with Gasteiger partial charge in [-0.3, -0.25) is 14.6 Å². The van der Waals surface area contributed by atoms with Crippen molar-refractivity contribution in [2.45, 2.75) is 45.4 Å². The minimum absolute atomic E-state index is 0.0129. The molecule has 2 N–H and O–H groups in total. The van der Waals surface area contributed by atoms with Crippen LogP contribution >= 0.6 is 0 Å². The number of nitrogens with one attached hydrogen (secondary N) is 1. The summed E-state index contributed by atoms with van der Waals surface area (Å²) in [7, 11) is 0. The van der Waals surface area contributed by atoms with Crippen molar-refractivity contribution in [3.63, 3.8) is 0 Å². The number of anilines is 1. The summed E-state index contributed by atoms with van der Waals surface area (Å²) in [6.07, 6.45) is -0.736. The molecule has 2 aliphatic rings. The van der Waals surface area contributed by atoms with E-state index in [9.17, 15) is 19.5 Å². The summed E-state index contributed by atoms with van der Waals surface area (Å²) >= 11 is 0. The van der Waals surface area contributed by atoms with E-state index in [2.05, 4.69) is 5.32 Å². The first kappa shape index (κ1) is 24.4. The molecule has 0 aromatic heterocycles. The summed E-state index contributed by atoms with van der Waals surface area (Å²) in [6, 6.07) is 1.22. The van der Waals surface area contributed by atoms with E-state index in [0.717, 1.165) is 17.0 Å². The molecule has 0 unspecified atom stereocenters. The Hall–Kier alpha value is -3.21. The molecule has 3 amide bonds. The van der Waals surface area contributed by atoms with Crippen molar-refractivity contribution in [2.24, 2.45) is 0 Å². The van der Waals surface area contributed by atoms with E-state index in [4.69, 9.17) is 9.47 Å². The Morgan fingerprint density at radius 3 is 2.45 bits per heavy atom. The number of carbonyl (C=O) groups excluding carboxylic acids is 3. The van der Waals surface area contributed by atoms with E-state index < -0.39 is 48.2 Å². The van der Waals surface area contributed by atoms with E-state index in [-0.39, 0.29) is 42.4 Å². The number of amides is 3. The summed E-state index contributed by atoms with van der Waals surface area (Å²) in [6.45, 7) is 5.87. The highest BCUT2D eigenvalue weighted by atomic mass is 19.1. The van der Waals surface area contributed by atoms with Gasteiger partial charge in [-0.1, -0.05) is 6.08 Å². The van der Waals surface area contributed by atoms with E-state index in [1.807, 2.05) is 0 Å². The van der Waals surface area contributed by atoms with Crippen LogP contribution in [0.4, 0.5) is 24.1 Å². The Kier molecular flexibility index (Phi) is 6.92. The summed E-state index contributed by atoms with van der Waals surface area (Å²) in [5.41, 5.74) is -0.995. The highest BCUT2D eigenvalue weighted by molar-refractivity contribution is 5.90. The summed E-state index contributed by atoms with van der Waals surface area (Å²) in [5.74, 6) is -2.16. The third-order valence-electron chi connectivity index (χ3n) is 5.06. The smallest absolute Gasteiger partial charge is 0.414 e. The van der Waals surface area contributed by atoms with E-state index >= 15 is 8.78 Å². The minimum Gasteiger partial charge on any atom is -0.444 e. The normalized spacial score (nSPS) is 20.6. The van der Waals surface area contributed by atoms with Crippen LogP contribution in [-0.4, -0.2) is 72.1 Å². The van der Waals surface area contributed by atoms with Gasteiger partial charge in [-0.15, -0.1) is 0 Å². The van der Waals surface area contributed by atoms with Crippen LogP contribution in [0.25, 0.3) is 5.57 Å². The Balaban J connectivity index is 1.80. The molecule has 2 heterocycles. The molecule has 1 saturated heterocycles. The number of rotatable bonds is 5. The number of nitrogens with zero attached hydrogens (tertiary/aromatic N) is 2. The van der Waals surface area contributed by atoms with Crippen LogP contribution in [0.15, 0.2) is 18.2 Å². The van der Waals surface area contributed by atoms with Gasteiger partial charge in [0, 0.05) is 6.92 Å². The average Bonchev–Trinajstić information content (AvgIpc) is 3.28. The molecule has 1 aromatic carbocycles. The number of halogens is 2. The number of ether oxygens (including phenoxy) is 2. The van der Waals surface area contributed by atoms with E-state index in [1.54, 1.807) is 20.8 Å². The molecular formula is C22H27F2N3O6. The molecule has 3 rings (SSSR count). The Morgan fingerprint density at radius 1 is 1.27 bits per heavy atom. The van der Waals surface area contributed by atoms with Gasteiger partial charge >= 0.3 is 12.2 Å². The molecule has 0 radical (unpaired) electrons. The number of hydrogen-bond donors (Lipinski definition) is 2. The predicted octanol–water partition coefficient (Wildman–Crippen LogP) is 2.42. The predicted molar refractivity (Wildman–Crippen MR) is 114 cm³/mol. The third kappa shape index (κ3) is 5.59. The number of aliphatic hydroxyl groups excluding tert-OH is 1. The molecule has 0 bridgehead atoms. The largest absolute Gasteiger partial charge is 0.444 e. The molecule has 2 atom stereocenters. The first-order valence-electron chi connectivity index (χ1n) is 10.4. The molecule has 9 nitrogen and oxygen atoms in total. The van der Waals surface area contributed by atoms with Gasteiger partial charge in [-0.05, 0) is 38.5 Å².